The molecule has 1 unspecified atom stereocenters. The highest BCUT2D eigenvalue weighted by Gasteiger charge is 2.34. The summed E-state index contributed by atoms with van der Waals surface area (Å²) in [6.07, 6.45) is 0.317. The van der Waals surface area contributed by atoms with Crippen LogP contribution in [0.5, 0.6) is 0 Å². The van der Waals surface area contributed by atoms with Crippen LogP contribution in [-0.2, 0) is 4.79 Å². The van der Waals surface area contributed by atoms with Crippen molar-refractivity contribution in [3.8, 4) is 0 Å². The van der Waals surface area contributed by atoms with E-state index in [0.29, 0.717) is 13.0 Å². The molecular formula is C8H14F2N2O. The number of alkyl halides is 2. The molecule has 0 aromatic heterocycles. The molecule has 0 aliphatic carbocycles. The number of piperidine rings is 1. The quantitative estimate of drug-likeness (QED) is 0.669. The van der Waals surface area contributed by atoms with Gasteiger partial charge in [0.25, 0.3) is 5.92 Å². The molecule has 1 saturated heterocycles. The van der Waals surface area contributed by atoms with Crippen molar-refractivity contribution >= 4 is 5.91 Å². The monoisotopic (exact) mass is 192 g/mol. The predicted molar refractivity (Wildman–Crippen MR) is 44.7 cm³/mol. The van der Waals surface area contributed by atoms with E-state index >= 15 is 0 Å². The molecule has 1 atom stereocenters. The number of nitrogens with one attached hydrogen (secondary N) is 2. The Morgan fingerprint density at radius 3 is 2.85 bits per heavy atom. The molecule has 76 valence electrons. The highest BCUT2D eigenvalue weighted by Crippen LogP contribution is 2.24. The minimum atomic E-state index is -2.58. The van der Waals surface area contributed by atoms with Gasteiger partial charge in [0.05, 0.1) is 6.54 Å². The zero-order valence-corrected chi connectivity index (χ0v) is 7.57. The third-order valence-electron chi connectivity index (χ3n) is 2.11. The van der Waals surface area contributed by atoms with Gasteiger partial charge in [-0.3, -0.25) is 4.79 Å². The predicted octanol–water partition coefficient (Wildman–Crippen LogP) is 0.510. The number of hydrogen-bond donors (Lipinski definition) is 2. The van der Waals surface area contributed by atoms with E-state index in [-0.39, 0.29) is 24.9 Å². The summed E-state index contributed by atoms with van der Waals surface area (Å²) in [5.74, 6) is -2.70. The largest absolute Gasteiger partial charge is 0.355 e. The van der Waals surface area contributed by atoms with Crippen molar-refractivity contribution in [3.63, 3.8) is 0 Å². The summed E-state index contributed by atoms with van der Waals surface area (Å²) < 4.78 is 25.3. The fourth-order valence-electron chi connectivity index (χ4n) is 1.31. The third-order valence-corrected chi connectivity index (χ3v) is 2.11. The van der Waals surface area contributed by atoms with Gasteiger partial charge in [-0.15, -0.1) is 0 Å². The second-order valence-electron chi connectivity index (χ2n) is 3.41. The summed E-state index contributed by atoms with van der Waals surface area (Å²) in [6.45, 7) is 1.57. The zero-order valence-electron chi connectivity index (χ0n) is 7.57. The molecule has 3 nitrogen and oxygen atoms in total. The van der Waals surface area contributed by atoms with Crippen molar-refractivity contribution < 1.29 is 13.6 Å². The molecule has 0 radical (unpaired) electrons. The number of amides is 1. The van der Waals surface area contributed by atoms with Crippen molar-refractivity contribution in [2.75, 3.05) is 13.1 Å². The molecule has 2 N–H and O–H groups in total. The molecule has 1 rings (SSSR count). The van der Waals surface area contributed by atoms with E-state index in [2.05, 4.69) is 10.6 Å². The van der Waals surface area contributed by atoms with Gasteiger partial charge in [0.2, 0.25) is 5.91 Å². The average Bonchev–Trinajstić information content (AvgIpc) is 2.02. The first-order valence-electron chi connectivity index (χ1n) is 4.35. The Balaban J connectivity index is 2.21. The van der Waals surface area contributed by atoms with Crippen LogP contribution in [0, 0.1) is 0 Å². The molecule has 1 fully saturated rings. The van der Waals surface area contributed by atoms with E-state index in [4.69, 9.17) is 0 Å². The van der Waals surface area contributed by atoms with E-state index in [1.54, 1.807) is 0 Å². The molecule has 1 heterocycles. The van der Waals surface area contributed by atoms with Crippen molar-refractivity contribution in [2.45, 2.75) is 31.7 Å². The first-order valence-corrected chi connectivity index (χ1v) is 4.35. The van der Waals surface area contributed by atoms with Crippen LogP contribution < -0.4 is 10.6 Å². The Morgan fingerprint density at radius 1 is 1.69 bits per heavy atom. The van der Waals surface area contributed by atoms with Gasteiger partial charge in [-0.05, 0) is 6.42 Å². The first kappa shape index (κ1) is 10.4. The highest BCUT2D eigenvalue weighted by molar-refractivity contribution is 5.72. The molecule has 1 amide bonds. The van der Waals surface area contributed by atoms with Crippen LogP contribution in [0.2, 0.25) is 0 Å². The van der Waals surface area contributed by atoms with E-state index in [9.17, 15) is 13.6 Å². The second-order valence-corrected chi connectivity index (χ2v) is 3.41. The lowest BCUT2D eigenvalue weighted by molar-refractivity contribution is -0.119. The summed E-state index contributed by atoms with van der Waals surface area (Å²) in [5, 5.41) is 5.30. The van der Waals surface area contributed by atoms with Gasteiger partial charge < -0.3 is 10.6 Å². The average molecular weight is 192 g/mol. The van der Waals surface area contributed by atoms with E-state index in [0.717, 1.165) is 0 Å². The molecule has 0 bridgehead atoms. The second kappa shape index (κ2) is 4.00. The molecule has 0 spiro atoms. The van der Waals surface area contributed by atoms with Crippen LogP contribution in [0.3, 0.4) is 0 Å². The van der Waals surface area contributed by atoms with Gasteiger partial charge in [-0.25, -0.2) is 8.78 Å². The van der Waals surface area contributed by atoms with E-state index in [1.807, 2.05) is 0 Å². The van der Waals surface area contributed by atoms with Crippen LogP contribution in [0.1, 0.15) is 19.8 Å². The number of carbonyl (C=O) groups excluding carboxylic acids is 1. The van der Waals surface area contributed by atoms with E-state index in [1.165, 1.54) is 6.92 Å². The molecule has 0 saturated carbocycles. The maximum absolute atomic E-state index is 12.6. The first-order chi connectivity index (χ1) is 5.99. The van der Waals surface area contributed by atoms with Crippen LogP contribution >= 0.6 is 0 Å². The van der Waals surface area contributed by atoms with Crippen molar-refractivity contribution in [1.29, 1.82) is 0 Å². The lowest BCUT2D eigenvalue weighted by Gasteiger charge is -2.29. The Morgan fingerprint density at radius 2 is 2.38 bits per heavy atom. The number of carbonyl (C=O) groups is 1. The van der Waals surface area contributed by atoms with Crippen molar-refractivity contribution in [2.24, 2.45) is 0 Å². The molecule has 1 aliphatic heterocycles. The Kier molecular flexibility index (Phi) is 3.19. The summed E-state index contributed by atoms with van der Waals surface area (Å²) in [6, 6.07) is -0.0106. The summed E-state index contributed by atoms with van der Waals surface area (Å²) in [4.78, 5) is 10.5. The fraction of sp³-hybridized carbons (Fsp3) is 0.875. The van der Waals surface area contributed by atoms with Gasteiger partial charge in [-0.2, -0.15) is 0 Å². The minimum absolute atomic E-state index is 0.0106. The topological polar surface area (TPSA) is 41.1 Å². The summed E-state index contributed by atoms with van der Waals surface area (Å²) in [7, 11) is 0. The normalized spacial score (nSPS) is 26.8. The highest BCUT2D eigenvalue weighted by atomic mass is 19.3. The van der Waals surface area contributed by atoms with Crippen LogP contribution in [0.25, 0.3) is 0 Å². The molecule has 0 aromatic rings. The summed E-state index contributed by atoms with van der Waals surface area (Å²) >= 11 is 0. The van der Waals surface area contributed by atoms with Gasteiger partial charge in [-0.1, -0.05) is 0 Å². The lowest BCUT2D eigenvalue weighted by atomic mass is 10.0. The number of hydrogen-bond acceptors (Lipinski definition) is 2. The Bertz CT molecular complexity index is 187. The molecule has 0 aromatic carbocycles. The van der Waals surface area contributed by atoms with Crippen LogP contribution in [0.4, 0.5) is 8.78 Å². The standard InChI is InChI=1S/C8H14F2N2O/c1-6(13)11-4-7-2-3-8(9,10)5-12-7/h7,12H,2-5H2,1H3,(H,11,13). The molecule has 13 heavy (non-hydrogen) atoms. The number of rotatable bonds is 2. The Labute approximate surface area is 75.9 Å². The SMILES string of the molecule is CC(=O)NCC1CCC(F)(F)CN1. The van der Waals surface area contributed by atoms with Gasteiger partial charge in [0.15, 0.2) is 0 Å². The van der Waals surface area contributed by atoms with Gasteiger partial charge >= 0.3 is 0 Å². The van der Waals surface area contributed by atoms with Crippen LogP contribution in [0.15, 0.2) is 0 Å². The zero-order chi connectivity index (χ0) is 9.90. The molecule has 5 heteroatoms. The fourth-order valence-corrected chi connectivity index (χ4v) is 1.31. The molecular weight excluding hydrogens is 178 g/mol. The summed E-state index contributed by atoms with van der Waals surface area (Å²) in [5.41, 5.74) is 0. The van der Waals surface area contributed by atoms with E-state index < -0.39 is 5.92 Å². The Hall–Kier alpha value is -0.710. The lowest BCUT2D eigenvalue weighted by Crippen LogP contribution is -2.49. The van der Waals surface area contributed by atoms with Crippen LogP contribution in [-0.4, -0.2) is 31.0 Å². The van der Waals surface area contributed by atoms with Crippen molar-refractivity contribution in [3.05, 3.63) is 0 Å². The van der Waals surface area contributed by atoms with Gasteiger partial charge in [0.1, 0.15) is 0 Å². The van der Waals surface area contributed by atoms with Crippen molar-refractivity contribution in [1.82, 2.24) is 10.6 Å². The maximum Gasteiger partial charge on any atom is 0.260 e. The van der Waals surface area contributed by atoms with Gasteiger partial charge in [0, 0.05) is 25.9 Å². The third kappa shape index (κ3) is 3.67. The number of halogens is 2. The molecule has 1 aliphatic rings. The smallest absolute Gasteiger partial charge is 0.260 e. The minimum Gasteiger partial charge on any atom is -0.355 e. The maximum atomic E-state index is 12.6.